The molecule has 0 aliphatic carbocycles. The first-order valence-electron chi connectivity index (χ1n) is 7.79. The number of rotatable bonds is 4. The van der Waals surface area contributed by atoms with Crippen molar-refractivity contribution in [3.8, 4) is 5.88 Å². The van der Waals surface area contributed by atoms with Crippen LogP contribution in [-0.2, 0) is 10.0 Å². The second kappa shape index (κ2) is 6.37. The van der Waals surface area contributed by atoms with Gasteiger partial charge in [0.2, 0.25) is 15.9 Å². The molecule has 22 heavy (non-hydrogen) atoms. The van der Waals surface area contributed by atoms with Gasteiger partial charge in [-0.25, -0.2) is 18.4 Å². The van der Waals surface area contributed by atoms with Gasteiger partial charge in [-0.2, -0.15) is 4.31 Å². The molecule has 0 aromatic carbocycles. The highest BCUT2D eigenvalue weighted by Crippen LogP contribution is 2.27. The van der Waals surface area contributed by atoms with Gasteiger partial charge < -0.3 is 9.64 Å². The van der Waals surface area contributed by atoms with Crippen LogP contribution in [0.15, 0.2) is 12.4 Å². The van der Waals surface area contributed by atoms with Crippen molar-refractivity contribution < 1.29 is 13.2 Å². The largest absolute Gasteiger partial charge is 0.478 e. The van der Waals surface area contributed by atoms with Gasteiger partial charge in [-0.1, -0.05) is 0 Å². The lowest BCUT2D eigenvalue weighted by Crippen LogP contribution is -2.45. The zero-order valence-corrected chi connectivity index (χ0v) is 13.6. The molecule has 0 unspecified atom stereocenters. The summed E-state index contributed by atoms with van der Waals surface area (Å²) in [6.45, 7) is 4.78. The second-order valence-electron chi connectivity index (χ2n) is 5.65. The van der Waals surface area contributed by atoms with Gasteiger partial charge >= 0.3 is 0 Å². The summed E-state index contributed by atoms with van der Waals surface area (Å²) in [6, 6.07) is 1.98. The van der Waals surface area contributed by atoms with Crippen LogP contribution in [0.2, 0.25) is 0 Å². The van der Waals surface area contributed by atoms with Crippen molar-refractivity contribution in [2.75, 3.05) is 36.9 Å². The molecule has 2 aliphatic heterocycles. The quantitative estimate of drug-likeness (QED) is 0.817. The van der Waals surface area contributed by atoms with Gasteiger partial charge in [0.1, 0.15) is 12.1 Å². The number of sulfonamides is 1. The fourth-order valence-electron chi connectivity index (χ4n) is 3.18. The van der Waals surface area contributed by atoms with E-state index in [0.717, 1.165) is 38.2 Å². The lowest BCUT2D eigenvalue weighted by molar-refractivity contribution is 0.290. The highest BCUT2D eigenvalue weighted by atomic mass is 32.2. The fourth-order valence-corrected chi connectivity index (χ4v) is 4.98. The smallest absolute Gasteiger partial charge is 0.218 e. The van der Waals surface area contributed by atoms with Crippen molar-refractivity contribution in [1.82, 2.24) is 14.3 Å². The van der Waals surface area contributed by atoms with Crippen LogP contribution in [0.4, 0.5) is 5.82 Å². The van der Waals surface area contributed by atoms with E-state index >= 15 is 0 Å². The Labute approximate surface area is 131 Å². The van der Waals surface area contributed by atoms with E-state index in [4.69, 9.17) is 4.74 Å². The standard InChI is InChI=1S/C14H22N4O3S/c1-2-21-14-10-13(15-11-16-14)17-7-4-12(5-8-17)18-6-3-9-22(18,19)20/h10-12H,2-9H2,1H3. The Morgan fingerprint density at radius 3 is 2.68 bits per heavy atom. The Bertz CT molecular complexity index is 614. The number of ether oxygens (including phenoxy) is 1. The lowest BCUT2D eigenvalue weighted by Gasteiger charge is -2.36. The van der Waals surface area contributed by atoms with Crippen LogP contribution in [0.3, 0.4) is 0 Å². The average molecular weight is 326 g/mol. The van der Waals surface area contributed by atoms with Crippen LogP contribution in [0.25, 0.3) is 0 Å². The maximum absolute atomic E-state index is 12.0. The van der Waals surface area contributed by atoms with Crippen LogP contribution in [0.5, 0.6) is 5.88 Å². The molecule has 7 nitrogen and oxygen atoms in total. The molecule has 0 saturated carbocycles. The van der Waals surface area contributed by atoms with E-state index in [0.29, 0.717) is 24.8 Å². The molecule has 0 amide bonds. The molecule has 2 saturated heterocycles. The molecule has 3 heterocycles. The number of nitrogens with zero attached hydrogens (tertiary/aromatic N) is 4. The summed E-state index contributed by atoms with van der Waals surface area (Å²) < 4.78 is 31.1. The van der Waals surface area contributed by atoms with Gasteiger partial charge in [0.15, 0.2) is 0 Å². The summed E-state index contributed by atoms with van der Waals surface area (Å²) in [5, 5.41) is 0. The number of hydrogen-bond donors (Lipinski definition) is 0. The van der Waals surface area contributed by atoms with E-state index in [1.165, 1.54) is 6.33 Å². The van der Waals surface area contributed by atoms with Gasteiger partial charge in [0.05, 0.1) is 12.4 Å². The molecular weight excluding hydrogens is 304 g/mol. The van der Waals surface area contributed by atoms with Crippen molar-refractivity contribution in [3.05, 3.63) is 12.4 Å². The molecule has 2 fully saturated rings. The van der Waals surface area contributed by atoms with Crippen LogP contribution in [-0.4, -0.2) is 60.7 Å². The van der Waals surface area contributed by atoms with Crippen molar-refractivity contribution in [1.29, 1.82) is 0 Å². The first-order chi connectivity index (χ1) is 10.6. The monoisotopic (exact) mass is 326 g/mol. The Kier molecular flexibility index (Phi) is 4.49. The molecule has 122 valence electrons. The Balaban J connectivity index is 1.63. The Hall–Kier alpha value is -1.41. The summed E-state index contributed by atoms with van der Waals surface area (Å²) in [5.74, 6) is 1.73. The third kappa shape index (κ3) is 3.17. The van der Waals surface area contributed by atoms with Crippen molar-refractivity contribution in [3.63, 3.8) is 0 Å². The number of aromatic nitrogens is 2. The zero-order chi connectivity index (χ0) is 15.6. The first-order valence-corrected chi connectivity index (χ1v) is 9.40. The van der Waals surface area contributed by atoms with Gasteiger partial charge in [-0.3, -0.25) is 0 Å². The van der Waals surface area contributed by atoms with E-state index in [9.17, 15) is 8.42 Å². The molecule has 3 rings (SSSR count). The minimum Gasteiger partial charge on any atom is -0.478 e. The van der Waals surface area contributed by atoms with E-state index in [-0.39, 0.29) is 6.04 Å². The van der Waals surface area contributed by atoms with Gasteiger partial charge in [0.25, 0.3) is 0 Å². The van der Waals surface area contributed by atoms with E-state index < -0.39 is 10.0 Å². The van der Waals surface area contributed by atoms with Gasteiger partial charge in [0, 0.05) is 31.7 Å². The first kappa shape index (κ1) is 15.5. The normalized spacial score (nSPS) is 22.9. The van der Waals surface area contributed by atoms with E-state index in [2.05, 4.69) is 14.9 Å². The summed E-state index contributed by atoms with van der Waals surface area (Å²) in [5.41, 5.74) is 0. The maximum Gasteiger partial charge on any atom is 0.218 e. The summed E-state index contributed by atoms with van der Waals surface area (Å²) >= 11 is 0. The highest BCUT2D eigenvalue weighted by Gasteiger charge is 2.36. The van der Waals surface area contributed by atoms with Crippen LogP contribution < -0.4 is 9.64 Å². The third-order valence-electron chi connectivity index (χ3n) is 4.25. The fraction of sp³-hybridized carbons (Fsp3) is 0.714. The molecule has 0 radical (unpaired) electrons. The highest BCUT2D eigenvalue weighted by molar-refractivity contribution is 7.89. The van der Waals surface area contributed by atoms with E-state index in [1.807, 2.05) is 13.0 Å². The molecule has 0 N–H and O–H groups in total. The SMILES string of the molecule is CCOc1cc(N2CCC(N3CCCS3(=O)=O)CC2)ncn1. The number of piperidine rings is 1. The van der Waals surface area contributed by atoms with Crippen LogP contribution in [0, 0.1) is 0 Å². The molecule has 0 atom stereocenters. The molecule has 1 aromatic rings. The average Bonchev–Trinajstić information content (AvgIpc) is 2.87. The minimum absolute atomic E-state index is 0.136. The predicted octanol–water partition coefficient (Wildman–Crippen LogP) is 0.880. The predicted molar refractivity (Wildman–Crippen MR) is 83.5 cm³/mol. The summed E-state index contributed by atoms with van der Waals surface area (Å²) in [7, 11) is -3.01. The van der Waals surface area contributed by atoms with Crippen molar-refractivity contribution >= 4 is 15.8 Å². The molecule has 2 aliphatic rings. The van der Waals surface area contributed by atoms with Gasteiger partial charge in [-0.15, -0.1) is 0 Å². The third-order valence-corrected chi connectivity index (χ3v) is 6.25. The number of hydrogen-bond acceptors (Lipinski definition) is 6. The summed E-state index contributed by atoms with van der Waals surface area (Å²) in [4.78, 5) is 10.5. The minimum atomic E-state index is -3.01. The maximum atomic E-state index is 12.0. The molecule has 0 bridgehead atoms. The zero-order valence-electron chi connectivity index (χ0n) is 12.8. The lowest BCUT2D eigenvalue weighted by atomic mass is 10.0. The van der Waals surface area contributed by atoms with Crippen molar-refractivity contribution in [2.24, 2.45) is 0 Å². The van der Waals surface area contributed by atoms with Crippen molar-refractivity contribution in [2.45, 2.75) is 32.2 Å². The summed E-state index contributed by atoms with van der Waals surface area (Å²) in [6.07, 6.45) is 3.95. The van der Waals surface area contributed by atoms with E-state index in [1.54, 1.807) is 4.31 Å². The van der Waals surface area contributed by atoms with Crippen LogP contribution in [0.1, 0.15) is 26.2 Å². The van der Waals surface area contributed by atoms with Crippen LogP contribution >= 0.6 is 0 Å². The van der Waals surface area contributed by atoms with Gasteiger partial charge in [-0.05, 0) is 26.2 Å². The molecular formula is C14H22N4O3S. The second-order valence-corrected chi connectivity index (χ2v) is 7.69. The molecule has 8 heteroatoms. The Morgan fingerprint density at radius 1 is 1.27 bits per heavy atom. The number of anilines is 1. The molecule has 1 aromatic heterocycles. The Morgan fingerprint density at radius 2 is 2.05 bits per heavy atom. The molecule has 0 spiro atoms. The topological polar surface area (TPSA) is 75.6 Å².